The van der Waals surface area contributed by atoms with Crippen molar-refractivity contribution < 1.29 is 14.3 Å². The molecule has 0 bridgehead atoms. The zero-order valence-electron chi connectivity index (χ0n) is 14.4. The van der Waals surface area contributed by atoms with E-state index in [1.54, 1.807) is 24.3 Å². The molecule has 1 N–H and O–H groups in total. The first kappa shape index (κ1) is 16.3. The molecular weight excluding hydrogens is 328 g/mol. The number of rotatable bonds is 3. The number of carbonyl (C=O) groups excluding carboxylic acids is 2. The molecule has 2 aromatic carbocycles. The highest BCUT2D eigenvalue weighted by Crippen LogP contribution is 2.31. The third-order valence-corrected chi connectivity index (χ3v) is 4.51. The molecule has 0 atom stereocenters. The van der Waals surface area contributed by atoms with Gasteiger partial charge in [-0.15, -0.1) is 0 Å². The average molecular weight is 346 g/mol. The lowest BCUT2D eigenvalue weighted by Gasteiger charge is -2.12. The van der Waals surface area contributed by atoms with E-state index >= 15 is 0 Å². The molecule has 1 amide bonds. The Morgan fingerprint density at radius 2 is 1.81 bits per heavy atom. The van der Waals surface area contributed by atoms with E-state index in [1.807, 2.05) is 24.3 Å². The zero-order valence-corrected chi connectivity index (χ0v) is 14.4. The molecule has 0 radical (unpaired) electrons. The number of esters is 1. The second-order valence-corrected chi connectivity index (χ2v) is 6.38. The summed E-state index contributed by atoms with van der Waals surface area (Å²) in [5.41, 5.74) is 4.10. The lowest BCUT2D eigenvalue weighted by Crippen LogP contribution is -2.13. The minimum absolute atomic E-state index is 0.145. The maximum absolute atomic E-state index is 12.9. The fourth-order valence-corrected chi connectivity index (χ4v) is 3.41. The van der Waals surface area contributed by atoms with Crippen molar-refractivity contribution in [1.82, 2.24) is 4.98 Å². The maximum atomic E-state index is 12.9. The van der Waals surface area contributed by atoms with Gasteiger partial charge in [0.05, 0.1) is 11.1 Å². The number of nitrogens with zero attached hydrogens (tertiary/aromatic N) is 1. The molecule has 5 heteroatoms. The molecule has 3 aromatic rings. The number of nitrogens with one attached hydrogen (secondary N) is 1. The van der Waals surface area contributed by atoms with Gasteiger partial charge in [0.1, 0.15) is 5.75 Å². The Balaban J connectivity index is 1.67. The quantitative estimate of drug-likeness (QED) is 0.577. The van der Waals surface area contributed by atoms with Crippen LogP contribution >= 0.6 is 0 Å². The lowest BCUT2D eigenvalue weighted by molar-refractivity contribution is -0.114. The van der Waals surface area contributed by atoms with Crippen LogP contribution in [0.5, 0.6) is 5.75 Å². The molecule has 1 aliphatic rings. The molecule has 0 fully saturated rings. The molecule has 130 valence electrons. The smallest absolute Gasteiger partial charge is 0.344 e. The molecule has 0 aliphatic heterocycles. The number of carbonyl (C=O) groups is 2. The molecule has 26 heavy (non-hydrogen) atoms. The highest BCUT2D eigenvalue weighted by atomic mass is 16.5. The highest BCUT2D eigenvalue weighted by molar-refractivity contribution is 6.06. The summed E-state index contributed by atoms with van der Waals surface area (Å²) >= 11 is 0. The van der Waals surface area contributed by atoms with Crippen molar-refractivity contribution in [3.8, 4) is 5.75 Å². The summed E-state index contributed by atoms with van der Waals surface area (Å²) < 4.78 is 5.61. The Morgan fingerprint density at radius 3 is 2.58 bits per heavy atom. The van der Waals surface area contributed by atoms with E-state index in [2.05, 4.69) is 5.32 Å². The van der Waals surface area contributed by atoms with Crippen molar-refractivity contribution in [3.63, 3.8) is 0 Å². The van der Waals surface area contributed by atoms with Crippen molar-refractivity contribution in [1.29, 1.82) is 0 Å². The van der Waals surface area contributed by atoms with E-state index < -0.39 is 0 Å². The van der Waals surface area contributed by atoms with Crippen LogP contribution in [0.4, 0.5) is 5.69 Å². The van der Waals surface area contributed by atoms with Crippen LogP contribution in [0.3, 0.4) is 0 Å². The SMILES string of the molecule is CC(=O)Nc1ccc(OC(=O)c2c3c(nc4ccccc24)CCC3)cc1. The van der Waals surface area contributed by atoms with Crippen LogP contribution in [-0.4, -0.2) is 16.9 Å². The normalized spacial score (nSPS) is 12.7. The Hall–Kier alpha value is -3.21. The first-order chi connectivity index (χ1) is 12.6. The number of aryl methyl sites for hydroxylation is 1. The number of amides is 1. The van der Waals surface area contributed by atoms with Gasteiger partial charge in [0.25, 0.3) is 0 Å². The van der Waals surface area contributed by atoms with Gasteiger partial charge in [0, 0.05) is 23.7 Å². The van der Waals surface area contributed by atoms with Gasteiger partial charge in [0.2, 0.25) is 5.91 Å². The molecular formula is C21H18N2O3. The third kappa shape index (κ3) is 3.04. The first-order valence-corrected chi connectivity index (χ1v) is 8.62. The van der Waals surface area contributed by atoms with Crippen molar-refractivity contribution >= 4 is 28.5 Å². The average Bonchev–Trinajstić information content (AvgIpc) is 3.08. The number of hydrogen-bond acceptors (Lipinski definition) is 4. The van der Waals surface area contributed by atoms with E-state index in [0.717, 1.165) is 41.4 Å². The van der Waals surface area contributed by atoms with Crippen LogP contribution in [0.25, 0.3) is 10.9 Å². The van der Waals surface area contributed by atoms with Crippen molar-refractivity contribution in [3.05, 3.63) is 65.4 Å². The number of fused-ring (bicyclic) bond motifs is 2. The van der Waals surface area contributed by atoms with Crippen molar-refractivity contribution in [2.24, 2.45) is 0 Å². The van der Waals surface area contributed by atoms with Gasteiger partial charge in [-0.05, 0) is 55.2 Å². The summed E-state index contributed by atoms with van der Waals surface area (Å²) in [4.78, 5) is 28.7. The summed E-state index contributed by atoms with van der Waals surface area (Å²) in [6.07, 6.45) is 2.75. The van der Waals surface area contributed by atoms with Gasteiger partial charge in [0.15, 0.2) is 0 Å². The Labute approximate surface area is 151 Å². The number of hydrogen-bond donors (Lipinski definition) is 1. The molecule has 0 saturated heterocycles. The van der Waals surface area contributed by atoms with Gasteiger partial charge in [-0.3, -0.25) is 9.78 Å². The minimum Gasteiger partial charge on any atom is -0.423 e. The van der Waals surface area contributed by atoms with E-state index in [0.29, 0.717) is 17.0 Å². The Bertz CT molecular complexity index is 1010. The summed E-state index contributed by atoms with van der Waals surface area (Å²) in [5.74, 6) is -0.0701. The van der Waals surface area contributed by atoms with E-state index in [9.17, 15) is 9.59 Å². The molecule has 1 aromatic heterocycles. The van der Waals surface area contributed by atoms with E-state index in [4.69, 9.17) is 9.72 Å². The molecule has 0 spiro atoms. The van der Waals surface area contributed by atoms with Crippen molar-refractivity contribution in [2.75, 3.05) is 5.32 Å². The van der Waals surface area contributed by atoms with Crippen LogP contribution < -0.4 is 10.1 Å². The number of benzene rings is 2. The zero-order chi connectivity index (χ0) is 18.1. The minimum atomic E-state index is -0.367. The fourth-order valence-electron chi connectivity index (χ4n) is 3.41. The molecule has 4 rings (SSSR count). The topological polar surface area (TPSA) is 68.3 Å². The summed E-state index contributed by atoms with van der Waals surface area (Å²) in [5, 5.41) is 3.51. The number of pyridine rings is 1. The van der Waals surface area contributed by atoms with Crippen LogP contribution in [0, 0.1) is 0 Å². The fraction of sp³-hybridized carbons (Fsp3) is 0.190. The van der Waals surface area contributed by atoms with Gasteiger partial charge in [-0.25, -0.2) is 4.79 Å². The number of anilines is 1. The van der Waals surface area contributed by atoms with Gasteiger partial charge < -0.3 is 10.1 Å². The van der Waals surface area contributed by atoms with Crippen LogP contribution in [0.1, 0.15) is 35.0 Å². The van der Waals surface area contributed by atoms with Gasteiger partial charge in [-0.1, -0.05) is 18.2 Å². The van der Waals surface area contributed by atoms with Crippen molar-refractivity contribution in [2.45, 2.75) is 26.2 Å². The van der Waals surface area contributed by atoms with Gasteiger partial charge >= 0.3 is 5.97 Å². The summed E-state index contributed by atoms with van der Waals surface area (Å²) in [6.45, 7) is 1.45. The second kappa shape index (κ2) is 6.59. The number of aromatic nitrogens is 1. The monoisotopic (exact) mass is 346 g/mol. The second-order valence-electron chi connectivity index (χ2n) is 6.38. The molecule has 0 saturated carbocycles. The van der Waals surface area contributed by atoms with E-state index in [-0.39, 0.29) is 11.9 Å². The molecule has 1 heterocycles. The predicted molar refractivity (Wildman–Crippen MR) is 99.5 cm³/mol. The largest absolute Gasteiger partial charge is 0.423 e. The van der Waals surface area contributed by atoms with Crippen LogP contribution in [0.15, 0.2) is 48.5 Å². The Kier molecular flexibility index (Phi) is 4.13. The molecule has 0 unspecified atom stereocenters. The molecule has 1 aliphatic carbocycles. The van der Waals surface area contributed by atoms with E-state index in [1.165, 1.54) is 6.92 Å². The summed E-state index contributed by atoms with van der Waals surface area (Å²) in [7, 11) is 0. The standard InChI is InChI=1S/C21H18N2O3/c1-13(24)22-14-9-11-15(12-10-14)26-21(25)20-16-5-2-3-7-18(16)23-19-8-4-6-17(19)20/h2-3,5,7,9-12H,4,6,8H2,1H3,(H,22,24). The highest BCUT2D eigenvalue weighted by Gasteiger charge is 2.25. The Morgan fingerprint density at radius 1 is 1.04 bits per heavy atom. The molecule has 5 nitrogen and oxygen atoms in total. The maximum Gasteiger partial charge on any atom is 0.344 e. The number of ether oxygens (including phenoxy) is 1. The first-order valence-electron chi connectivity index (χ1n) is 8.62. The van der Waals surface area contributed by atoms with Crippen LogP contribution in [-0.2, 0) is 17.6 Å². The third-order valence-electron chi connectivity index (χ3n) is 4.51. The predicted octanol–water partition coefficient (Wildman–Crippen LogP) is 3.90. The van der Waals surface area contributed by atoms with Gasteiger partial charge in [-0.2, -0.15) is 0 Å². The number of para-hydroxylation sites is 1. The lowest BCUT2D eigenvalue weighted by atomic mass is 10.0. The summed E-state index contributed by atoms with van der Waals surface area (Å²) in [6, 6.07) is 14.4. The van der Waals surface area contributed by atoms with Crippen LogP contribution in [0.2, 0.25) is 0 Å².